The van der Waals surface area contributed by atoms with E-state index in [1.54, 1.807) is 29.3 Å². The molecular formula is C24H39N5O5. The van der Waals surface area contributed by atoms with Crippen LogP contribution in [0.1, 0.15) is 45.4 Å². The second-order valence-electron chi connectivity index (χ2n) is 8.64. The third-order valence-electron chi connectivity index (χ3n) is 5.51. The van der Waals surface area contributed by atoms with Crippen molar-refractivity contribution >= 4 is 23.5 Å². The maximum absolute atomic E-state index is 13.4. The van der Waals surface area contributed by atoms with E-state index in [2.05, 4.69) is 10.6 Å². The molecule has 1 heterocycles. The van der Waals surface area contributed by atoms with E-state index in [1.807, 2.05) is 30.9 Å². The summed E-state index contributed by atoms with van der Waals surface area (Å²) in [7, 11) is 3.92. The van der Waals surface area contributed by atoms with Crippen LogP contribution in [0, 0.1) is 0 Å². The lowest BCUT2D eigenvalue weighted by Gasteiger charge is -2.34. The summed E-state index contributed by atoms with van der Waals surface area (Å²) in [6.45, 7) is 5.22. The van der Waals surface area contributed by atoms with Crippen LogP contribution in [0.5, 0.6) is 5.75 Å². The van der Waals surface area contributed by atoms with Crippen LogP contribution in [-0.2, 0) is 14.4 Å². The highest BCUT2D eigenvalue weighted by atomic mass is 16.5. The van der Waals surface area contributed by atoms with Gasteiger partial charge < -0.3 is 25.4 Å². The van der Waals surface area contributed by atoms with Crippen molar-refractivity contribution < 1.29 is 24.2 Å². The lowest BCUT2D eigenvalue weighted by atomic mass is 10.2. The molecular weight excluding hydrogens is 438 g/mol. The predicted octanol–water partition coefficient (Wildman–Crippen LogP) is 1.99. The Morgan fingerprint density at radius 3 is 2.35 bits per heavy atom. The number of likely N-dealkylation sites (N-methyl/N-ethyl adjacent to an activating group) is 1. The molecule has 10 heteroatoms. The Labute approximate surface area is 202 Å². The molecule has 3 N–H and O–H groups in total. The molecule has 190 valence electrons. The van der Waals surface area contributed by atoms with E-state index in [1.165, 1.54) is 0 Å². The van der Waals surface area contributed by atoms with E-state index in [0.29, 0.717) is 43.9 Å². The van der Waals surface area contributed by atoms with Crippen molar-refractivity contribution in [1.29, 1.82) is 0 Å². The molecule has 0 aliphatic carbocycles. The van der Waals surface area contributed by atoms with Gasteiger partial charge in [-0.05, 0) is 77.5 Å². The molecule has 1 aromatic rings. The van der Waals surface area contributed by atoms with E-state index in [4.69, 9.17) is 9.84 Å². The summed E-state index contributed by atoms with van der Waals surface area (Å²) >= 11 is 0. The number of carbonyl (C=O) groups excluding carboxylic acids is 2. The predicted molar refractivity (Wildman–Crippen MR) is 130 cm³/mol. The molecule has 2 amide bonds. The first-order chi connectivity index (χ1) is 16.3. The van der Waals surface area contributed by atoms with Crippen LogP contribution in [0.15, 0.2) is 24.3 Å². The minimum Gasteiger partial charge on any atom is -0.494 e. The lowest BCUT2D eigenvalue weighted by molar-refractivity contribution is -0.149. The minimum atomic E-state index is -0.894. The molecule has 1 saturated heterocycles. The first-order valence-corrected chi connectivity index (χ1v) is 12.0. The number of aliphatic carboxylic acids is 1. The fourth-order valence-corrected chi connectivity index (χ4v) is 3.76. The maximum atomic E-state index is 13.4. The van der Waals surface area contributed by atoms with Gasteiger partial charge in [0, 0.05) is 38.2 Å². The second kappa shape index (κ2) is 14.4. The number of hydrogen-bond donors (Lipinski definition) is 3. The summed E-state index contributed by atoms with van der Waals surface area (Å²) in [6.07, 6.45) is 2.73. The first-order valence-electron chi connectivity index (χ1n) is 12.0. The number of hydrogen-bond acceptors (Lipinski definition) is 7. The van der Waals surface area contributed by atoms with Gasteiger partial charge in [-0.15, -0.1) is 0 Å². The molecule has 0 bridgehead atoms. The minimum absolute atomic E-state index is 0.0582. The fraction of sp³-hybridized carbons (Fsp3) is 0.625. The van der Waals surface area contributed by atoms with Gasteiger partial charge in [0.25, 0.3) is 5.91 Å². The number of anilines is 1. The molecule has 1 atom stereocenters. The molecule has 0 spiro atoms. The maximum Gasteiger partial charge on any atom is 0.303 e. The second-order valence-corrected chi connectivity index (χ2v) is 8.64. The standard InChI is InChI=1S/C24H39N5O5/c1-4-29(28-16-5-6-17-28)24(33)23(26-21(30)9-7-15-27(2)3)25-19-11-13-20(14-12-19)34-18-8-10-22(31)32/h11-14,23,25H,4-10,15-18H2,1-3H3,(H,26,30)(H,31,32). The van der Waals surface area contributed by atoms with E-state index in [0.717, 1.165) is 32.5 Å². The molecule has 1 unspecified atom stereocenters. The van der Waals surface area contributed by atoms with E-state index >= 15 is 0 Å². The van der Waals surface area contributed by atoms with Crippen LogP contribution >= 0.6 is 0 Å². The Morgan fingerprint density at radius 1 is 1.09 bits per heavy atom. The molecule has 1 aliphatic heterocycles. The highest BCUT2D eigenvalue weighted by Crippen LogP contribution is 2.18. The Hall–Kier alpha value is -2.85. The van der Waals surface area contributed by atoms with Gasteiger partial charge in [-0.2, -0.15) is 0 Å². The van der Waals surface area contributed by atoms with Gasteiger partial charge in [-0.25, -0.2) is 5.01 Å². The van der Waals surface area contributed by atoms with Crippen LogP contribution in [-0.4, -0.2) is 90.9 Å². The summed E-state index contributed by atoms with van der Waals surface area (Å²) in [5, 5.41) is 18.5. The smallest absolute Gasteiger partial charge is 0.303 e. The lowest BCUT2D eigenvalue weighted by Crippen LogP contribution is -2.57. The topological polar surface area (TPSA) is 114 Å². The van der Waals surface area contributed by atoms with Gasteiger partial charge in [0.15, 0.2) is 6.17 Å². The number of nitrogens with zero attached hydrogens (tertiary/aromatic N) is 3. The van der Waals surface area contributed by atoms with E-state index in [9.17, 15) is 14.4 Å². The Morgan fingerprint density at radius 2 is 1.76 bits per heavy atom. The number of carboxylic acid groups (broad SMARTS) is 1. The molecule has 2 rings (SSSR count). The monoisotopic (exact) mass is 477 g/mol. The van der Waals surface area contributed by atoms with Crippen molar-refractivity contribution in [3.8, 4) is 5.75 Å². The zero-order valence-corrected chi connectivity index (χ0v) is 20.6. The SMILES string of the molecule is CCN(C(=O)C(NC(=O)CCCN(C)C)Nc1ccc(OCCCC(=O)O)cc1)N1CCCC1. The number of carbonyl (C=O) groups is 3. The summed E-state index contributed by atoms with van der Waals surface area (Å²) in [5.74, 6) is -0.612. The highest BCUT2D eigenvalue weighted by Gasteiger charge is 2.30. The van der Waals surface area contributed by atoms with Crippen LogP contribution in [0.2, 0.25) is 0 Å². The number of nitrogens with one attached hydrogen (secondary N) is 2. The summed E-state index contributed by atoms with van der Waals surface area (Å²) in [5.41, 5.74) is 0.669. The number of benzene rings is 1. The number of hydrazine groups is 1. The van der Waals surface area contributed by atoms with Crippen LogP contribution in [0.3, 0.4) is 0 Å². The molecule has 1 fully saturated rings. The van der Waals surface area contributed by atoms with Crippen molar-refractivity contribution in [3.63, 3.8) is 0 Å². The molecule has 10 nitrogen and oxygen atoms in total. The fourth-order valence-electron chi connectivity index (χ4n) is 3.76. The third kappa shape index (κ3) is 9.56. The summed E-state index contributed by atoms with van der Waals surface area (Å²) < 4.78 is 5.57. The molecule has 34 heavy (non-hydrogen) atoms. The van der Waals surface area contributed by atoms with Crippen molar-refractivity contribution in [2.24, 2.45) is 0 Å². The first kappa shape index (κ1) is 27.4. The normalized spacial score (nSPS) is 14.6. The number of amides is 2. The molecule has 0 saturated carbocycles. The number of ether oxygens (including phenoxy) is 1. The average Bonchev–Trinajstić information content (AvgIpc) is 3.32. The van der Waals surface area contributed by atoms with E-state index < -0.39 is 12.1 Å². The van der Waals surface area contributed by atoms with Crippen molar-refractivity contribution in [2.75, 3.05) is 52.2 Å². The van der Waals surface area contributed by atoms with Crippen molar-refractivity contribution in [1.82, 2.24) is 20.2 Å². The number of rotatable bonds is 15. The molecule has 0 aromatic heterocycles. The third-order valence-corrected chi connectivity index (χ3v) is 5.51. The Kier molecular flexibility index (Phi) is 11.6. The highest BCUT2D eigenvalue weighted by molar-refractivity contribution is 5.89. The van der Waals surface area contributed by atoms with Gasteiger partial charge >= 0.3 is 5.97 Å². The largest absolute Gasteiger partial charge is 0.494 e. The number of carboxylic acids is 1. The molecule has 1 aromatic carbocycles. The van der Waals surface area contributed by atoms with Gasteiger partial charge in [0.05, 0.1) is 6.61 Å². The quantitative estimate of drug-likeness (QED) is 0.260. The van der Waals surface area contributed by atoms with Gasteiger partial charge in [0.2, 0.25) is 5.91 Å². The molecule has 0 radical (unpaired) electrons. The van der Waals surface area contributed by atoms with Crippen LogP contribution < -0.4 is 15.4 Å². The van der Waals surface area contributed by atoms with Gasteiger partial charge in [0.1, 0.15) is 5.75 Å². The van der Waals surface area contributed by atoms with Crippen molar-refractivity contribution in [2.45, 2.75) is 51.6 Å². The zero-order valence-electron chi connectivity index (χ0n) is 20.6. The summed E-state index contributed by atoms with van der Waals surface area (Å²) in [6, 6.07) is 7.05. The van der Waals surface area contributed by atoms with Crippen LogP contribution in [0.25, 0.3) is 0 Å². The Balaban J connectivity index is 2.03. The Bertz CT molecular complexity index is 780. The van der Waals surface area contributed by atoms with Gasteiger partial charge in [-0.3, -0.25) is 19.4 Å². The summed E-state index contributed by atoms with van der Waals surface area (Å²) in [4.78, 5) is 38.6. The van der Waals surface area contributed by atoms with Crippen LogP contribution in [0.4, 0.5) is 5.69 Å². The van der Waals surface area contributed by atoms with E-state index in [-0.39, 0.29) is 18.2 Å². The van der Waals surface area contributed by atoms with Crippen molar-refractivity contribution in [3.05, 3.63) is 24.3 Å². The average molecular weight is 478 g/mol. The van der Waals surface area contributed by atoms with Gasteiger partial charge in [-0.1, -0.05) is 0 Å². The molecule has 1 aliphatic rings. The zero-order chi connectivity index (χ0) is 24.9.